The molecule has 0 spiro atoms. The summed E-state index contributed by atoms with van der Waals surface area (Å²) in [6.07, 6.45) is 2.76. The molecule has 0 unspecified atom stereocenters. The van der Waals surface area contributed by atoms with Crippen molar-refractivity contribution in [2.24, 2.45) is 5.92 Å². The van der Waals surface area contributed by atoms with Crippen LogP contribution in [0.3, 0.4) is 0 Å². The summed E-state index contributed by atoms with van der Waals surface area (Å²) < 4.78 is 2.14. The molecule has 4 nitrogen and oxygen atoms in total. The molecule has 0 amide bonds. The molecule has 1 aromatic carbocycles. The number of anilines is 1. The first kappa shape index (κ1) is 20.1. The first-order valence-electron chi connectivity index (χ1n) is 9.97. The van der Waals surface area contributed by atoms with Crippen molar-refractivity contribution in [3.05, 3.63) is 51.3 Å². The predicted octanol–water partition coefficient (Wildman–Crippen LogP) is 6.39. The van der Waals surface area contributed by atoms with Gasteiger partial charge in [-0.15, -0.1) is 0 Å². The number of rotatable bonds is 3. The van der Waals surface area contributed by atoms with Gasteiger partial charge in [-0.2, -0.15) is 5.26 Å². The lowest BCUT2D eigenvalue weighted by Crippen LogP contribution is -2.33. The van der Waals surface area contributed by atoms with Crippen LogP contribution in [0.15, 0.2) is 24.3 Å². The molecule has 0 N–H and O–H groups in total. The van der Waals surface area contributed by atoms with Crippen molar-refractivity contribution in [1.82, 2.24) is 9.55 Å². The Labute approximate surface area is 181 Å². The number of halogens is 2. The molecule has 4 rings (SSSR count). The summed E-state index contributed by atoms with van der Waals surface area (Å²) >= 11 is 12.7. The van der Waals surface area contributed by atoms with Crippen LogP contribution in [-0.4, -0.2) is 22.6 Å². The second-order valence-electron chi connectivity index (χ2n) is 7.92. The van der Waals surface area contributed by atoms with Crippen LogP contribution in [0, 0.1) is 38.0 Å². The van der Waals surface area contributed by atoms with E-state index in [0.717, 1.165) is 48.7 Å². The predicted molar refractivity (Wildman–Crippen MR) is 120 cm³/mol. The number of piperidine rings is 1. The molecule has 1 fully saturated rings. The number of benzene rings is 1. The number of nitriles is 1. The summed E-state index contributed by atoms with van der Waals surface area (Å²) in [5.74, 6) is 0.509. The highest BCUT2D eigenvalue weighted by Gasteiger charge is 2.25. The minimum Gasteiger partial charge on any atom is -0.371 e. The van der Waals surface area contributed by atoms with Crippen molar-refractivity contribution >= 4 is 39.9 Å². The van der Waals surface area contributed by atoms with Gasteiger partial charge in [0.25, 0.3) is 0 Å². The van der Waals surface area contributed by atoms with Crippen LogP contribution in [0.4, 0.5) is 5.69 Å². The Kier molecular flexibility index (Phi) is 5.46. The minimum atomic E-state index is 0.509. The number of fused-ring (bicyclic) bond motifs is 1. The van der Waals surface area contributed by atoms with Gasteiger partial charge in [0.05, 0.1) is 16.8 Å². The van der Waals surface area contributed by atoms with Crippen molar-refractivity contribution in [2.75, 3.05) is 18.0 Å². The fourth-order valence-corrected chi connectivity index (χ4v) is 4.88. The Balaban J connectivity index is 1.86. The molecule has 1 aliphatic heterocycles. The monoisotopic (exact) mass is 426 g/mol. The smallest absolute Gasteiger partial charge is 0.147 e. The molecule has 150 valence electrons. The van der Waals surface area contributed by atoms with E-state index in [9.17, 15) is 0 Å². The first-order valence-corrected chi connectivity index (χ1v) is 10.7. The molecule has 0 saturated carbocycles. The summed E-state index contributed by atoms with van der Waals surface area (Å²) in [6.45, 7) is 8.24. The minimum absolute atomic E-state index is 0.509. The van der Waals surface area contributed by atoms with E-state index in [-0.39, 0.29) is 0 Å². The van der Waals surface area contributed by atoms with Crippen molar-refractivity contribution in [1.29, 1.82) is 5.26 Å². The molecule has 3 aromatic rings. The average Bonchev–Trinajstić information content (AvgIpc) is 2.93. The lowest BCUT2D eigenvalue weighted by atomic mass is 9.93. The molecule has 3 heterocycles. The lowest BCUT2D eigenvalue weighted by Gasteiger charge is -2.33. The largest absolute Gasteiger partial charge is 0.371 e. The third-order valence-corrected chi connectivity index (χ3v) is 6.60. The van der Waals surface area contributed by atoms with Crippen molar-refractivity contribution in [3.8, 4) is 11.8 Å². The van der Waals surface area contributed by atoms with E-state index in [4.69, 9.17) is 33.4 Å². The van der Waals surface area contributed by atoms with Gasteiger partial charge in [-0.3, -0.25) is 4.57 Å². The van der Waals surface area contributed by atoms with Crippen LogP contribution < -0.4 is 4.90 Å². The van der Waals surface area contributed by atoms with Crippen LogP contribution in [-0.2, 0) is 0 Å². The van der Waals surface area contributed by atoms with Crippen LogP contribution in [0.2, 0.25) is 10.0 Å². The molecule has 0 aliphatic carbocycles. The molecule has 1 aliphatic rings. The maximum atomic E-state index is 9.00. The van der Waals surface area contributed by atoms with E-state index in [0.29, 0.717) is 22.4 Å². The zero-order valence-corrected chi connectivity index (χ0v) is 18.5. The van der Waals surface area contributed by atoms with Crippen molar-refractivity contribution < 1.29 is 0 Å². The molecule has 0 atom stereocenters. The summed E-state index contributed by atoms with van der Waals surface area (Å²) in [7, 11) is 0. The van der Waals surface area contributed by atoms with Gasteiger partial charge in [0, 0.05) is 47.0 Å². The van der Waals surface area contributed by atoms with E-state index in [1.54, 1.807) is 6.07 Å². The highest BCUT2D eigenvalue weighted by Crippen LogP contribution is 2.38. The topological polar surface area (TPSA) is 44.9 Å². The molecule has 0 radical (unpaired) electrons. The van der Waals surface area contributed by atoms with E-state index in [1.165, 1.54) is 16.6 Å². The van der Waals surface area contributed by atoms with Gasteiger partial charge in [-0.05, 0) is 69.4 Å². The number of aryl methyl sites for hydroxylation is 2. The molecule has 0 bridgehead atoms. The summed E-state index contributed by atoms with van der Waals surface area (Å²) in [5.41, 5.74) is 6.38. The van der Waals surface area contributed by atoms with E-state index < -0.39 is 0 Å². The van der Waals surface area contributed by atoms with Crippen LogP contribution in [0.1, 0.15) is 36.2 Å². The fourth-order valence-electron chi connectivity index (χ4n) is 4.38. The quantitative estimate of drug-likeness (QED) is 0.487. The first-order chi connectivity index (χ1) is 13.9. The third-order valence-electron chi connectivity index (χ3n) is 6.06. The summed E-state index contributed by atoms with van der Waals surface area (Å²) in [6, 6.07) is 10.1. The number of hydrogen-bond donors (Lipinski definition) is 0. The van der Waals surface area contributed by atoms with Gasteiger partial charge in [-0.25, -0.2) is 4.98 Å². The van der Waals surface area contributed by atoms with Gasteiger partial charge >= 0.3 is 0 Å². The third kappa shape index (κ3) is 3.58. The molecule has 2 aromatic heterocycles. The van der Waals surface area contributed by atoms with Gasteiger partial charge in [-0.1, -0.05) is 23.2 Å². The summed E-state index contributed by atoms with van der Waals surface area (Å²) in [4.78, 5) is 7.35. The Morgan fingerprint density at radius 1 is 1.10 bits per heavy atom. The highest BCUT2D eigenvalue weighted by molar-refractivity contribution is 6.35. The van der Waals surface area contributed by atoms with Gasteiger partial charge in [0.1, 0.15) is 5.65 Å². The van der Waals surface area contributed by atoms with E-state index in [1.807, 2.05) is 19.1 Å². The molecular formula is C23H24Cl2N4. The number of pyridine rings is 1. The van der Waals surface area contributed by atoms with Crippen LogP contribution in [0.5, 0.6) is 0 Å². The van der Waals surface area contributed by atoms with E-state index in [2.05, 4.69) is 35.5 Å². The number of hydrogen-bond acceptors (Lipinski definition) is 3. The van der Waals surface area contributed by atoms with Crippen molar-refractivity contribution in [2.45, 2.75) is 40.0 Å². The van der Waals surface area contributed by atoms with E-state index >= 15 is 0 Å². The fraction of sp³-hybridized carbons (Fsp3) is 0.391. The van der Waals surface area contributed by atoms with Gasteiger partial charge in [0.15, 0.2) is 0 Å². The molecule has 1 saturated heterocycles. The zero-order valence-electron chi connectivity index (χ0n) is 17.0. The van der Waals surface area contributed by atoms with Crippen LogP contribution >= 0.6 is 23.2 Å². The Morgan fingerprint density at radius 2 is 1.83 bits per heavy atom. The molecule has 6 heteroatoms. The Hall–Kier alpha value is -2.22. The van der Waals surface area contributed by atoms with Gasteiger partial charge in [0.2, 0.25) is 0 Å². The second-order valence-corrected chi connectivity index (χ2v) is 8.76. The zero-order chi connectivity index (χ0) is 20.7. The second kappa shape index (κ2) is 7.89. The Bertz CT molecular complexity index is 1120. The maximum absolute atomic E-state index is 9.00. The molecular weight excluding hydrogens is 403 g/mol. The summed E-state index contributed by atoms with van der Waals surface area (Å²) in [5, 5.41) is 11.4. The molecule has 29 heavy (non-hydrogen) atoms. The average molecular weight is 427 g/mol. The standard InChI is InChI=1S/C23H24Cl2N4/c1-14-12-21(28-10-7-17(6-9-26)8-11-28)22-15(2)16(3)29(23(22)27-14)20-5-4-18(24)13-19(20)25/h4-5,12-13,17H,6-8,10-11H2,1-3H3. The van der Waals surface area contributed by atoms with Crippen molar-refractivity contribution in [3.63, 3.8) is 0 Å². The normalized spacial score (nSPS) is 15.1. The lowest BCUT2D eigenvalue weighted by molar-refractivity contribution is 0.413. The number of nitrogens with zero attached hydrogens (tertiary/aromatic N) is 4. The maximum Gasteiger partial charge on any atom is 0.147 e. The number of aromatic nitrogens is 2. The Morgan fingerprint density at radius 3 is 2.48 bits per heavy atom. The van der Waals surface area contributed by atoms with Gasteiger partial charge < -0.3 is 4.90 Å². The highest BCUT2D eigenvalue weighted by atomic mass is 35.5. The van der Waals surface area contributed by atoms with Crippen LogP contribution in [0.25, 0.3) is 16.7 Å². The SMILES string of the molecule is Cc1cc(N2CCC(CC#N)CC2)c2c(C)c(C)n(-c3ccc(Cl)cc3Cl)c2n1.